The Labute approximate surface area is 223 Å². The minimum atomic E-state index is -1.21. The van der Waals surface area contributed by atoms with Crippen LogP contribution in [0.2, 0.25) is 0 Å². The highest BCUT2D eigenvalue weighted by Gasteiger charge is 2.53. The van der Waals surface area contributed by atoms with Gasteiger partial charge in [0.1, 0.15) is 12.2 Å². The number of esters is 3. The number of benzene rings is 3. The molecule has 11 nitrogen and oxygen atoms in total. The second kappa shape index (κ2) is 12.3. The first-order valence-electron chi connectivity index (χ1n) is 11.9. The van der Waals surface area contributed by atoms with Gasteiger partial charge in [-0.15, -0.1) is 0 Å². The number of hydrogen-bond donors (Lipinski definition) is 0. The monoisotopic (exact) mass is 535 g/mol. The molecule has 0 N–H and O–H groups in total. The van der Waals surface area contributed by atoms with Crippen LogP contribution in [0, 0.1) is 10.1 Å². The van der Waals surface area contributed by atoms with Gasteiger partial charge in [-0.3, -0.25) is 10.1 Å². The molecule has 0 bridgehead atoms. The van der Waals surface area contributed by atoms with E-state index in [9.17, 15) is 24.5 Å². The lowest BCUT2D eigenvalue weighted by Crippen LogP contribution is -2.44. The van der Waals surface area contributed by atoms with Gasteiger partial charge in [0.15, 0.2) is 18.5 Å². The highest BCUT2D eigenvalue weighted by atomic mass is 16.7. The topological polar surface area (TPSA) is 141 Å². The molecule has 1 unspecified atom stereocenters. The van der Waals surface area contributed by atoms with Gasteiger partial charge in [-0.2, -0.15) is 0 Å². The zero-order chi connectivity index (χ0) is 27.9. The fraction of sp³-hybridized carbons (Fsp3) is 0.250. The first-order chi connectivity index (χ1) is 18.8. The van der Waals surface area contributed by atoms with E-state index in [0.29, 0.717) is 0 Å². The predicted octanol–water partition coefficient (Wildman–Crippen LogP) is 3.96. The zero-order valence-electron chi connectivity index (χ0n) is 21.0. The number of nitrogens with zero attached hydrogens (tertiary/aromatic N) is 1. The van der Waals surface area contributed by atoms with Crippen molar-refractivity contribution in [3.05, 3.63) is 112 Å². The molecule has 1 heterocycles. The SMILES string of the molecule is COC1O[C@H]([C@H](C)OC(=O)c2ccc([N+](=O)[O-])cc2)[C@@H](OC(=O)c2ccccc2)[C@H]1OC(=O)c1ccccc1. The van der Waals surface area contributed by atoms with Crippen molar-refractivity contribution < 1.29 is 43.0 Å². The summed E-state index contributed by atoms with van der Waals surface area (Å²) in [5, 5.41) is 10.9. The number of carbonyl (C=O) groups excluding carboxylic acids is 3. The predicted molar refractivity (Wildman–Crippen MR) is 135 cm³/mol. The number of carbonyl (C=O) groups is 3. The number of nitro groups is 1. The summed E-state index contributed by atoms with van der Waals surface area (Å²) in [4.78, 5) is 48.9. The van der Waals surface area contributed by atoms with Crippen LogP contribution >= 0.6 is 0 Å². The van der Waals surface area contributed by atoms with Crippen LogP contribution in [-0.4, -0.2) is 60.6 Å². The molecule has 0 aliphatic carbocycles. The third kappa shape index (κ3) is 6.46. The lowest BCUT2D eigenvalue weighted by Gasteiger charge is -2.26. The van der Waals surface area contributed by atoms with Gasteiger partial charge >= 0.3 is 17.9 Å². The fourth-order valence-corrected chi connectivity index (χ4v) is 4.03. The minimum Gasteiger partial charge on any atom is -0.456 e. The molecule has 1 fully saturated rings. The van der Waals surface area contributed by atoms with Crippen LogP contribution < -0.4 is 0 Å². The van der Waals surface area contributed by atoms with Gasteiger partial charge in [0.2, 0.25) is 0 Å². The van der Waals surface area contributed by atoms with E-state index in [2.05, 4.69) is 0 Å². The van der Waals surface area contributed by atoms with Crippen molar-refractivity contribution in [2.24, 2.45) is 0 Å². The van der Waals surface area contributed by atoms with Crippen molar-refractivity contribution in [1.82, 2.24) is 0 Å². The van der Waals surface area contributed by atoms with Gasteiger partial charge in [-0.1, -0.05) is 36.4 Å². The quantitative estimate of drug-likeness (QED) is 0.171. The summed E-state index contributed by atoms with van der Waals surface area (Å²) in [6, 6.07) is 21.3. The van der Waals surface area contributed by atoms with Gasteiger partial charge in [0, 0.05) is 19.2 Å². The van der Waals surface area contributed by atoms with E-state index in [1.165, 1.54) is 38.3 Å². The van der Waals surface area contributed by atoms with Crippen LogP contribution in [0.25, 0.3) is 0 Å². The first-order valence-corrected chi connectivity index (χ1v) is 11.9. The van der Waals surface area contributed by atoms with Crippen LogP contribution in [0.5, 0.6) is 0 Å². The molecule has 0 radical (unpaired) electrons. The third-order valence-electron chi connectivity index (χ3n) is 6.01. The van der Waals surface area contributed by atoms with Crippen LogP contribution in [-0.2, 0) is 23.7 Å². The fourth-order valence-electron chi connectivity index (χ4n) is 4.03. The lowest BCUT2D eigenvalue weighted by molar-refractivity contribution is -0.384. The second-order valence-electron chi connectivity index (χ2n) is 8.59. The zero-order valence-corrected chi connectivity index (χ0v) is 21.0. The van der Waals surface area contributed by atoms with Gasteiger partial charge in [0.25, 0.3) is 5.69 Å². The second-order valence-corrected chi connectivity index (χ2v) is 8.59. The van der Waals surface area contributed by atoms with Gasteiger partial charge in [-0.05, 0) is 43.3 Å². The Morgan fingerprint density at radius 2 is 1.26 bits per heavy atom. The van der Waals surface area contributed by atoms with Crippen molar-refractivity contribution in [2.75, 3.05) is 7.11 Å². The molecule has 3 aromatic rings. The molecule has 5 atom stereocenters. The van der Waals surface area contributed by atoms with Crippen molar-refractivity contribution in [3.63, 3.8) is 0 Å². The Bertz CT molecular complexity index is 1310. The summed E-state index contributed by atoms with van der Waals surface area (Å²) < 4.78 is 28.3. The molecular formula is C28H25NO10. The summed E-state index contributed by atoms with van der Waals surface area (Å²) in [5.74, 6) is -2.18. The summed E-state index contributed by atoms with van der Waals surface area (Å²) in [7, 11) is 1.33. The van der Waals surface area contributed by atoms with Gasteiger partial charge < -0.3 is 23.7 Å². The van der Waals surface area contributed by atoms with Crippen LogP contribution in [0.1, 0.15) is 38.0 Å². The molecule has 0 spiro atoms. The number of non-ortho nitro benzene ring substituents is 1. The van der Waals surface area contributed by atoms with E-state index < -0.39 is 53.5 Å². The number of nitro benzene ring substituents is 1. The lowest BCUT2D eigenvalue weighted by atomic mass is 10.1. The highest BCUT2D eigenvalue weighted by molar-refractivity contribution is 5.91. The molecule has 4 rings (SSSR count). The molecule has 1 saturated heterocycles. The summed E-state index contributed by atoms with van der Waals surface area (Å²) in [6.45, 7) is 1.52. The maximum Gasteiger partial charge on any atom is 0.338 e. The van der Waals surface area contributed by atoms with Crippen LogP contribution in [0.15, 0.2) is 84.9 Å². The Hall–Kier alpha value is -4.61. The van der Waals surface area contributed by atoms with Crippen molar-refractivity contribution in [2.45, 2.75) is 37.6 Å². The molecule has 0 aromatic heterocycles. The van der Waals surface area contributed by atoms with E-state index in [-0.39, 0.29) is 22.4 Å². The van der Waals surface area contributed by atoms with Crippen LogP contribution in [0.4, 0.5) is 5.69 Å². The first kappa shape index (κ1) is 27.4. The number of rotatable bonds is 9. The maximum atomic E-state index is 13.0. The molecular weight excluding hydrogens is 510 g/mol. The molecule has 1 aliphatic rings. The molecule has 39 heavy (non-hydrogen) atoms. The summed E-state index contributed by atoms with van der Waals surface area (Å²) in [5.41, 5.74) is 0.401. The molecule has 0 saturated carbocycles. The van der Waals surface area contributed by atoms with Gasteiger partial charge in [0.05, 0.1) is 21.6 Å². The average Bonchev–Trinajstić information content (AvgIpc) is 3.30. The third-order valence-corrected chi connectivity index (χ3v) is 6.01. The maximum absolute atomic E-state index is 13.0. The number of ether oxygens (including phenoxy) is 5. The standard InChI is InChI=1S/C28H25NO10/c1-17(36-25(30)20-13-15-21(16-14-20)29(33)34)22-23(37-26(31)18-9-5-3-6-10-18)24(28(35-2)39-22)38-27(32)19-11-7-4-8-12-19/h3-17,22-24,28H,1-2H3/t17-,22+,23+,24+,28?/m0/s1. The smallest absolute Gasteiger partial charge is 0.338 e. The summed E-state index contributed by atoms with van der Waals surface area (Å²) in [6.07, 6.45) is -5.65. The molecule has 3 aromatic carbocycles. The van der Waals surface area contributed by atoms with E-state index in [1.54, 1.807) is 60.7 Å². The Kier molecular flexibility index (Phi) is 8.64. The number of methoxy groups -OCH3 is 1. The van der Waals surface area contributed by atoms with E-state index in [0.717, 1.165) is 0 Å². The van der Waals surface area contributed by atoms with Gasteiger partial charge in [-0.25, -0.2) is 14.4 Å². The van der Waals surface area contributed by atoms with E-state index >= 15 is 0 Å². The normalized spacial score (nSPS) is 21.0. The largest absolute Gasteiger partial charge is 0.456 e. The van der Waals surface area contributed by atoms with E-state index in [4.69, 9.17) is 23.7 Å². The van der Waals surface area contributed by atoms with Crippen molar-refractivity contribution in [1.29, 1.82) is 0 Å². The van der Waals surface area contributed by atoms with E-state index in [1.807, 2.05) is 0 Å². The van der Waals surface area contributed by atoms with Crippen molar-refractivity contribution in [3.8, 4) is 0 Å². The Balaban J connectivity index is 1.57. The minimum absolute atomic E-state index is 0.0682. The molecule has 202 valence electrons. The molecule has 1 aliphatic heterocycles. The Morgan fingerprint density at radius 3 is 1.74 bits per heavy atom. The van der Waals surface area contributed by atoms with Crippen molar-refractivity contribution >= 4 is 23.6 Å². The number of hydrogen-bond acceptors (Lipinski definition) is 10. The average molecular weight is 536 g/mol. The summed E-state index contributed by atoms with van der Waals surface area (Å²) >= 11 is 0. The highest BCUT2D eigenvalue weighted by Crippen LogP contribution is 2.32. The molecule has 0 amide bonds. The Morgan fingerprint density at radius 1 is 0.769 bits per heavy atom. The molecule has 11 heteroatoms. The van der Waals surface area contributed by atoms with Crippen LogP contribution in [0.3, 0.4) is 0 Å².